The van der Waals surface area contributed by atoms with Gasteiger partial charge in [0.15, 0.2) is 4.77 Å². The summed E-state index contributed by atoms with van der Waals surface area (Å²) in [4.78, 5) is 18.2. The third-order valence-electron chi connectivity index (χ3n) is 3.58. The van der Waals surface area contributed by atoms with Gasteiger partial charge in [0.25, 0.3) is 5.56 Å². The fraction of sp³-hybridized carbons (Fsp3) is 0.250. The summed E-state index contributed by atoms with van der Waals surface area (Å²) in [5.41, 5.74) is 1.85. The van der Waals surface area contributed by atoms with Crippen LogP contribution >= 0.6 is 23.6 Å². The van der Waals surface area contributed by atoms with Gasteiger partial charge in [-0.1, -0.05) is 31.5 Å². The third kappa shape index (κ3) is 2.36. The maximum absolute atomic E-state index is 12.9. The zero-order valence-corrected chi connectivity index (χ0v) is 13.6. The summed E-state index contributed by atoms with van der Waals surface area (Å²) < 4.78 is 2.02. The number of H-pyrrole nitrogens is 1. The fourth-order valence-corrected chi connectivity index (χ4v) is 4.19. The molecule has 0 fully saturated rings. The van der Waals surface area contributed by atoms with Gasteiger partial charge in [-0.3, -0.25) is 9.36 Å². The highest BCUT2D eigenvalue weighted by Gasteiger charge is 2.15. The van der Waals surface area contributed by atoms with Crippen LogP contribution in [0.2, 0.25) is 0 Å². The predicted octanol–water partition coefficient (Wildman–Crippen LogP) is 4.37. The van der Waals surface area contributed by atoms with Gasteiger partial charge in [-0.05, 0) is 43.3 Å². The molecule has 1 N–H and O–H groups in total. The molecule has 3 rings (SSSR count). The summed E-state index contributed by atoms with van der Waals surface area (Å²) in [7, 11) is 0. The minimum atomic E-state index is -0.0314. The molecule has 0 saturated carbocycles. The predicted molar refractivity (Wildman–Crippen MR) is 91.3 cm³/mol. The van der Waals surface area contributed by atoms with Crippen LogP contribution in [0.15, 0.2) is 35.1 Å². The Kier molecular flexibility index (Phi) is 3.78. The summed E-state index contributed by atoms with van der Waals surface area (Å²) >= 11 is 7.03. The van der Waals surface area contributed by atoms with Gasteiger partial charge in [-0.15, -0.1) is 11.3 Å². The van der Waals surface area contributed by atoms with Gasteiger partial charge in [0.1, 0.15) is 4.83 Å². The first-order valence-electron chi connectivity index (χ1n) is 6.96. The number of aromatic amines is 1. The lowest BCUT2D eigenvalue weighted by Gasteiger charge is -2.06. The highest BCUT2D eigenvalue weighted by molar-refractivity contribution is 7.71. The molecule has 3 nitrogen and oxygen atoms in total. The first-order chi connectivity index (χ1) is 10.1. The molecule has 0 spiro atoms. The Hall–Kier alpha value is -1.72. The SMILES string of the molecule is CCCc1sc2[nH]c(=S)n(-c3ccccc3)c(=O)c2c1C. The zero-order chi connectivity index (χ0) is 15.0. The summed E-state index contributed by atoms with van der Waals surface area (Å²) in [6, 6.07) is 9.53. The van der Waals surface area contributed by atoms with Crippen LogP contribution < -0.4 is 5.56 Å². The minimum Gasteiger partial charge on any atom is -0.323 e. The Labute approximate surface area is 131 Å². The Morgan fingerprint density at radius 2 is 2.00 bits per heavy atom. The van der Waals surface area contributed by atoms with Crippen LogP contribution in [0.5, 0.6) is 0 Å². The second kappa shape index (κ2) is 5.58. The number of thiophene rings is 1. The number of fused-ring (bicyclic) bond motifs is 1. The van der Waals surface area contributed by atoms with E-state index < -0.39 is 0 Å². The molecule has 21 heavy (non-hydrogen) atoms. The molecule has 0 aliphatic carbocycles. The van der Waals surface area contributed by atoms with Crippen LogP contribution in [0.4, 0.5) is 0 Å². The highest BCUT2D eigenvalue weighted by Crippen LogP contribution is 2.28. The summed E-state index contributed by atoms with van der Waals surface area (Å²) in [5.74, 6) is 0. The van der Waals surface area contributed by atoms with E-state index >= 15 is 0 Å². The molecule has 0 saturated heterocycles. The number of nitrogens with one attached hydrogen (secondary N) is 1. The molecular formula is C16H16N2OS2. The molecule has 0 aliphatic heterocycles. The van der Waals surface area contributed by atoms with Crippen molar-refractivity contribution in [3.8, 4) is 5.69 Å². The van der Waals surface area contributed by atoms with Gasteiger partial charge in [0, 0.05) is 4.88 Å². The quantitative estimate of drug-likeness (QED) is 0.729. The smallest absolute Gasteiger partial charge is 0.267 e. The van der Waals surface area contributed by atoms with E-state index in [2.05, 4.69) is 11.9 Å². The number of para-hydroxylation sites is 1. The van der Waals surface area contributed by atoms with Crippen molar-refractivity contribution in [3.05, 3.63) is 55.9 Å². The third-order valence-corrected chi connectivity index (χ3v) is 5.13. The number of aryl methyl sites for hydroxylation is 2. The van der Waals surface area contributed by atoms with E-state index in [-0.39, 0.29) is 5.56 Å². The van der Waals surface area contributed by atoms with E-state index in [4.69, 9.17) is 12.2 Å². The van der Waals surface area contributed by atoms with Crippen LogP contribution in [0.25, 0.3) is 15.9 Å². The standard InChI is InChI=1S/C16H16N2OS2/c1-3-7-12-10(2)13-14(21-12)17-16(20)18(15(13)19)11-8-5-4-6-9-11/h4-6,8-9H,3,7H2,1-2H3,(H,17,20). The molecule has 2 heterocycles. The van der Waals surface area contributed by atoms with E-state index in [1.165, 1.54) is 4.88 Å². The number of hydrogen-bond acceptors (Lipinski definition) is 3. The van der Waals surface area contributed by atoms with Crippen LogP contribution in [-0.4, -0.2) is 9.55 Å². The minimum absolute atomic E-state index is 0.0314. The molecule has 0 aliphatic rings. The molecule has 108 valence electrons. The van der Waals surface area contributed by atoms with Crippen molar-refractivity contribution >= 4 is 33.8 Å². The molecule has 5 heteroatoms. The number of aromatic nitrogens is 2. The monoisotopic (exact) mass is 316 g/mol. The van der Waals surface area contributed by atoms with Gasteiger partial charge in [0.2, 0.25) is 0 Å². The summed E-state index contributed by atoms with van der Waals surface area (Å²) in [5, 5.41) is 0.765. The van der Waals surface area contributed by atoms with Crippen LogP contribution in [0.3, 0.4) is 0 Å². The van der Waals surface area contributed by atoms with Crippen LogP contribution in [0.1, 0.15) is 23.8 Å². The number of nitrogens with zero attached hydrogens (tertiary/aromatic N) is 1. The van der Waals surface area contributed by atoms with Gasteiger partial charge in [-0.25, -0.2) is 0 Å². The molecule has 2 aromatic heterocycles. The Morgan fingerprint density at radius 1 is 1.29 bits per heavy atom. The van der Waals surface area contributed by atoms with Crippen LogP contribution in [0, 0.1) is 11.7 Å². The molecule has 0 unspecified atom stereocenters. The van der Waals surface area contributed by atoms with Gasteiger partial charge < -0.3 is 4.98 Å². The molecule has 1 aromatic carbocycles. The van der Waals surface area contributed by atoms with Crippen molar-refractivity contribution in [2.45, 2.75) is 26.7 Å². The highest BCUT2D eigenvalue weighted by atomic mass is 32.1. The molecule has 0 amide bonds. The average molecular weight is 316 g/mol. The molecule has 0 bridgehead atoms. The Morgan fingerprint density at radius 3 is 2.67 bits per heavy atom. The first-order valence-corrected chi connectivity index (χ1v) is 8.18. The van der Waals surface area contributed by atoms with Gasteiger partial charge in [0.05, 0.1) is 11.1 Å². The first kappa shape index (κ1) is 14.2. The lowest BCUT2D eigenvalue weighted by Crippen LogP contribution is -2.20. The lowest BCUT2D eigenvalue weighted by molar-refractivity contribution is 0.929. The molecule has 0 radical (unpaired) electrons. The molecule has 3 aromatic rings. The van der Waals surface area contributed by atoms with Crippen molar-refractivity contribution in [1.29, 1.82) is 0 Å². The van der Waals surface area contributed by atoms with Gasteiger partial charge >= 0.3 is 0 Å². The maximum Gasteiger partial charge on any atom is 0.267 e. The number of benzene rings is 1. The number of rotatable bonds is 3. The van der Waals surface area contributed by atoms with E-state index in [1.54, 1.807) is 15.9 Å². The van der Waals surface area contributed by atoms with E-state index in [0.717, 1.165) is 34.3 Å². The fourth-order valence-electron chi connectivity index (χ4n) is 2.54. The molecule has 0 atom stereocenters. The lowest BCUT2D eigenvalue weighted by atomic mass is 10.1. The Balaban J connectivity index is 2.36. The molecular weight excluding hydrogens is 300 g/mol. The van der Waals surface area contributed by atoms with Gasteiger partial charge in [-0.2, -0.15) is 0 Å². The van der Waals surface area contributed by atoms with E-state index in [0.29, 0.717) is 4.77 Å². The van der Waals surface area contributed by atoms with Crippen molar-refractivity contribution in [3.63, 3.8) is 0 Å². The van der Waals surface area contributed by atoms with E-state index in [9.17, 15) is 4.79 Å². The normalized spacial score (nSPS) is 11.1. The average Bonchev–Trinajstić information content (AvgIpc) is 2.77. The second-order valence-electron chi connectivity index (χ2n) is 5.01. The second-order valence-corrected chi connectivity index (χ2v) is 6.50. The van der Waals surface area contributed by atoms with Crippen molar-refractivity contribution in [1.82, 2.24) is 9.55 Å². The van der Waals surface area contributed by atoms with Crippen LogP contribution in [-0.2, 0) is 6.42 Å². The topological polar surface area (TPSA) is 37.8 Å². The largest absolute Gasteiger partial charge is 0.323 e. The summed E-state index contributed by atoms with van der Waals surface area (Å²) in [6.07, 6.45) is 2.07. The van der Waals surface area contributed by atoms with Crippen molar-refractivity contribution < 1.29 is 0 Å². The van der Waals surface area contributed by atoms with Crippen molar-refractivity contribution in [2.24, 2.45) is 0 Å². The van der Waals surface area contributed by atoms with E-state index in [1.807, 2.05) is 37.3 Å². The maximum atomic E-state index is 12.9. The zero-order valence-electron chi connectivity index (χ0n) is 12.0. The number of hydrogen-bond donors (Lipinski definition) is 1. The van der Waals surface area contributed by atoms with Crippen molar-refractivity contribution in [2.75, 3.05) is 0 Å². The summed E-state index contributed by atoms with van der Waals surface area (Å²) in [6.45, 7) is 4.17. The Bertz CT molecular complexity index is 904.